The molecule has 1 saturated carbocycles. The molecule has 8 heteroatoms. The highest BCUT2D eigenvalue weighted by Gasteiger charge is 2.51. The summed E-state index contributed by atoms with van der Waals surface area (Å²) in [5.74, 6) is 0.533. The first-order valence-electron chi connectivity index (χ1n) is 11.7. The van der Waals surface area contributed by atoms with Crippen LogP contribution in [0.1, 0.15) is 46.3 Å². The molecule has 1 aliphatic carbocycles. The van der Waals surface area contributed by atoms with Gasteiger partial charge < -0.3 is 9.80 Å². The van der Waals surface area contributed by atoms with Crippen LogP contribution in [-0.2, 0) is 19.4 Å². The average molecular weight is 468 g/mol. The van der Waals surface area contributed by atoms with E-state index in [-0.39, 0.29) is 11.7 Å². The second kappa shape index (κ2) is 7.77. The van der Waals surface area contributed by atoms with Crippen LogP contribution in [0.4, 0.5) is 4.39 Å². The van der Waals surface area contributed by atoms with Crippen molar-refractivity contribution in [2.45, 2.75) is 38.6 Å². The number of rotatable bonds is 6. The summed E-state index contributed by atoms with van der Waals surface area (Å²) < 4.78 is 15.9. The fraction of sp³-hybridized carbons (Fsp3) is 0.480. The van der Waals surface area contributed by atoms with Gasteiger partial charge in [-0.25, -0.2) is 4.39 Å². The van der Waals surface area contributed by atoms with Crippen molar-refractivity contribution in [2.75, 3.05) is 26.7 Å². The van der Waals surface area contributed by atoms with E-state index in [1.165, 1.54) is 30.9 Å². The molecule has 6 rings (SSSR count). The third kappa shape index (κ3) is 3.62. The Bertz CT molecular complexity index is 1240. The standard InChI is InChI=1S/C25H27ClFN5O/c1-30-11-19-17(4-5-20(26)23(19)24(30)33)7-16-9-25(10-16)13-31(14-25)6-2-3-18-8-22-29-28-15-32(22)12-21(18)27/h4-5,8,12,15-16H,2-3,6-7,9-11,13-14H2,1H3. The van der Waals surface area contributed by atoms with E-state index >= 15 is 0 Å². The maximum Gasteiger partial charge on any atom is 0.255 e. The zero-order valence-electron chi connectivity index (χ0n) is 18.7. The van der Waals surface area contributed by atoms with Crippen LogP contribution in [0.2, 0.25) is 5.02 Å². The van der Waals surface area contributed by atoms with E-state index in [4.69, 9.17) is 11.6 Å². The van der Waals surface area contributed by atoms with E-state index < -0.39 is 0 Å². The van der Waals surface area contributed by atoms with Crippen LogP contribution in [0.15, 0.2) is 30.7 Å². The molecule has 0 N–H and O–H groups in total. The topological polar surface area (TPSA) is 53.7 Å². The second-order valence-corrected chi connectivity index (χ2v) is 10.7. The number of carbonyl (C=O) groups excluding carboxylic acids is 1. The summed E-state index contributed by atoms with van der Waals surface area (Å²) in [4.78, 5) is 16.6. The number of nitrogens with zero attached hydrogens (tertiary/aromatic N) is 5. The monoisotopic (exact) mass is 467 g/mol. The lowest BCUT2D eigenvalue weighted by Gasteiger charge is -2.59. The average Bonchev–Trinajstić information content (AvgIpc) is 3.30. The first-order chi connectivity index (χ1) is 15.9. The fourth-order valence-corrected chi connectivity index (χ4v) is 6.53. The molecule has 1 amide bonds. The number of aromatic nitrogens is 3. The highest BCUT2D eigenvalue weighted by Crippen LogP contribution is 2.53. The van der Waals surface area contributed by atoms with Gasteiger partial charge in [0.25, 0.3) is 5.91 Å². The molecule has 172 valence electrons. The molecule has 1 aromatic carbocycles. The number of benzene rings is 1. The highest BCUT2D eigenvalue weighted by atomic mass is 35.5. The molecule has 2 aliphatic heterocycles. The van der Waals surface area contributed by atoms with Gasteiger partial charge in [0.2, 0.25) is 0 Å². The molecule has 0 radical (unpaired) electrons. The number of hydrogen-bond donors (Lipinski definition) is 0. The Hall–Kier alpha value is -2.51. The molecule has 2 aromatic heterocycles. The Morgan fingerprint density at radius 3 is 2.88 bits per heavy atom. The molecule has 1 spiro atoms. The van der Waals surface area contributed by atoms with E-state index in [1.807, 2.05) is 13.1 Å². The first-order valence-corrected chi connectivity index (χ1v) is 12.0. The number of aryl methyl sites for hydroxylation is 1. The van der Waals surface area contributed by atoms with Crippen LogP contribution in [-0.4, -0.2) is 57.0 Å². The van der Waals surface area contributed by atoms with Gasteiger partial charge in [0.05, 0.1) is 10.6 Å². The van der Waals surface area contributed by atoms with Crippen molar-refractivity contribution < 1.29 is 9.18 Å². The molecule has 0 atom stereocenters. The van der Waals surface area contributed by atoms with Crippen LogP contribution < -0.4 is 0 Å². The van der Waals surface area contributed by atoms with Gasteiger partial charge >= 0.3 is 0 Å². The molecule has 3 aromatic rings. The summed E-state index contributed by atoms with van der Waals surface area (Å²) in [6.45, 7) is 3.97. The van der Waals surface area contributed by atoms with Crippen molar-refractivity contribution in [3.05, 3.63) is 63.8 Å². The molecule has 4 heterocycles. The SMILES string of the molecule is CN1Cc2c(CC3CC4(C3)CN(CCCc3cc5nncn5cc3F)C4)ccc(Cl)c2C1=O. The molecular weight excluding hydrogens is 441 g/mol. The normalized spacial score (nSPS) is 19.8. The third-order valence-corrected chi connectivity index (χ3v) is 8.08. The molecule has 0 unspecified atom stereocenters. The van der Waals surface area contributed by atoms with Gasteiger partial charge in [-0.3, -0.25) is 9.20 Å². The van der Waals surface area contributed by atoms with Crippen molar-refractivity contribution in [1.29, 1.82) is 0 Å². The number of carbonyl (C=O) groups is 1. The van der Waals surface area contributed by atoms with E-state index in [2.05, 4.69) is 21.2 Å². The molecule has 33 heavy (non-hydrogen) atoms. The smallest absolute Gasteiger partial charge is 0.255 e. The summed E-state index contributed by atoms with van der Waals surface area (Å²) >= 11 is 6.31. The van der Waals surface area contributed by atoms with E-state index in [1.54, 1.807) is 15.4 Å². The molecule has 2 fully saturated rings. The van der Waals surface area contributed by atoms with Crippen LogP contribution in [0.3, 0.4) is 0 Å². The summed E-state index contributed by atoms with van der Waals surface area (Å²) in [5.41, 5.74) is 5.00. The molecular formula is C25H27ClFN5O. The van der Waals surface area contributed by atoms with Gasteiger partial charge in [-0.2, -0.15) is 0 Å². The van der Waals surface area contributed by atoms with Crippen LogP contribution in [0, 0.1) is 17.2 Å². The molecule has 3 aliphatic rings. The quantitative estimate of drug-likeness (QED) is 0.550. The molecule has 6 nitrogen and oxygen atoms in total. The Balaban J connectivity index is 0.986. The van der Waals surface area contributed by atoms with Crippen LogP contribution in [0.5, 0.6) is 0 Å². The zero-order valence-corrected chi connectivity index (χ0v) is 19.5. The van der Waals surface area contributed by atoms with Gasteiger partial charge in [-0.1, -0.05) is 17.7 Å². The van der Waals surface area contributed by atoms with Gasteiger partial charge in [-0.15, -0.1) is 10.2 Å². The Kier molecular flexibility index (Phi) is 4.96. The Morgan fingerprint density at radius 2 is 2.06 bits per heavy atom. The van der Waals surface area contributed by atoms with Crippen LogP contribution >= 0.6 is 11.6 Å². The number of pyridine rings is 1. The summed E-state index contributed by atoms with van der Waals surface area (Å²) in [6, 6.07) is 5.80. The summed E-state index contributed by atoms with van der Waals surface area (Å²) in [6.07, 6.45) is 8.18. The van der Waals surface area contributed by atoms with Crippen molar-refractivity contribution in [1.82, 2.24) is 24.4 Å². The minimum absolute atomic E-state index is 0.0396. The maximum absolute atomic E-state index is 14.3. The van der Waals surface area contributed by atoms with Crippen molar-refractivity contribution in [2.24, 2.45) is 11.3 Å². The fourth-order valence-electron chi connectivity index (χ4n) is 6.27. The number of likely N-dealkylation sites (tertiary alicyclic amines) is 1. The minimum atomic E-state index is -0.189. The van der Waals surface area contributed by atoms with Crippen molar-refractivity contribution in [3.8, 4) is 0 Å². The van der Waals surface area contributed by atoms with Crippen LogP contribution in [0.25, 0.3) is 5.65 Å². The number of hydrogen-bond acceptors (Lipinski definition) is 4. The van der Waals surface area contributed by atoms with Gasteiger partial charge in [0.15, 0.2) is 5.65 Å². The minimum Gasteiger partial charge on any atom is -0.337 e. The van der Waals surface area contributed by atoms with E-state index in [9.17, 15) is 9.18 Å². The maximum atomic E-state index is 14.3. The van der Waals surface area contributed by atoms with Crippen molar-refractivity contribution >= 4 is 23.2 Å². The number of fused-ring (bicyclic) bond motifs is 2. The number of halogens is 2. The van der Waals surface area contributed by atoms with Gasteiger partial charge in [0, 0.05) is 32.9 Å². The summed E-state index contributed by atoms with van der Waals surface area (Å²) in [5, 5.41) is 8.40. The van der Waals surface area contributed by atoms with Gasteiger partial charge in [-0.05, 0) is 78.8 Å². The lowest BCUT2D eigenvalue weighted by Crippen LogP contribution is -2.62. The first kappa shape index (κ1) is 21.1. The predicted molar refractivity (Wildman–Crippen MR) is 124 cm³/mol. The largest absolute Gasteiger partial charge is 0.337 e. The van der Waals surface area contributed by atoms with E-state index in [0.29, 0.717) is 39.7 Å². The zero-order chi connectivity index (χ0) is 22.7. The Labute approximate surface area is 197 Å². The number of amides is 1. The second-order valence-electron chi connectivity index (χ2n) is 10.3. The van der Waals surface area contributed by atoms with E-state index in [0.717, 1.165) is 44.5 Å². The van der Waals surface area contributed by atoms with Gasteiger partial charge in [0.1, 0.15) is 12.1 Å². The predicted octanol–water partition coefficient (Wildman–Crippen LogP) is 3.99. The lowest BCUT2D eigenvalue weighted by atomic mass is 9.56. The van der Waals surface area contributed by atoms with Crippen molar-refractivity contribution in [3.63, 3.8) is 0 Å². The molecule has 0 bridgehead atoms. The molecule has 1 saturated heterocycles. The Morgan fingerprint density at radius 1 is 1.24 bits per heavy atom. The summed E-state index contributed by atoms with van der Waals surface area (Å²) in [7, 11) is 1.84. The lowest BCUT2D eigenvalue weighted by molar-refractivity contribution is -0.0937. The highest BCUT2D eigenvalue weighted by molar-refractivity contribution is 6.34. The third-order valence-electron chi connectivity index (χ3n) is 7.77.